The SMILES string of the molecule is Cc1[nH]nc(NS(=O)(=O)c2cccc3c2N=S=N3)c1N. The number of rotatable bonds is 3. The molecule has 0 atom stereocenters. The zero-order valence-corrected chi connectivity index (χ0v) is 11.9. The molecule has 8 nitrogen and oxygen atoms in total. The molecule has 3 rings (SSSR count). The summed E-state index contributed by atoms with van der Waals surface area (Å²) < 4.78 is 35.1. The lowest BCUT2D eigenvalue weighted by Gasteiger charge is -2.08. The van der Waals surface area contributed by atoms with Crippen LogP contribution in [0.3, 0.4) is 0 Å². The summed E-state index contributed by atoms with van der Waals surface area (Å²) in [5.41, 5.74) is 7.45. The highest BCUT2D eigenvalue weighted by Gasteiger charge is 2.24. The summed E-state index contributed by atoms with van der Waals surface area (Å²) in [5.74, 6) is 0.0719. The number of aromatic amines is 1. The Balaban J connectivity index is 2.04. The molecule has 0 fully saturated rings. The van der Waals surface area contributed by atoms with Crippen LogP contribution in [0.2, 0.25) is 0 Å². The van der Waals surface area contributed by atoms with Gasteiger partial charge in [0.2, 0.25) is 0 Å². The van der Waals surface area contributed by atoms with Crippen LogP contribution in [0.15, 0.2) is 31.8 Å². The number of nitrogens with zero attached hydrogens (tertiary/aromatic N) is 3. The third-order valence-corrected chi connectivity index (χ3v) is 4.68. The van der Waals surface area contributed by atoms with Crippen molar-refractivity contribution in [1.82, 2.24) is 10.2 Å². The summed E-state index contributed by atoms with van der Waals surface area (Å²) in [4.78, 5) is 0.0452. The fourth-order valence-electron chi connectivity index (χ4n) is 1.70. The molecule has 10 heteroatoms. The zero-order chi connectivity index (χ0) is 14.3. The second kappa shape index (κ2) is 4.42. The molecule has 2 aromatic rings. The van der Waals surface area contributed by atoms with Crippen molar-refractivity contribution in [3.8, 4) is 0 Å². The number of benzene rings is 1. The summed E-state index contributed by atoms with van der Waals surface area (Å²) in [5, 5.41) is 6.44. The number of fused-ring (bicyclic) bond motifs is 1. The lowest BCUT2D eigenvalue weighted by atomic mass is 10.3. The second-order valence-corrected chi connectivity index (χ2v) is 6.28. The highest BCUT2D eigenvalue weighted by molar-refractivity contribution is 7.93. The molecule has 4 N–H and O–H groups in total. The summed E-state index contributed by atoms with van der Waals surface area (Å²) in [6.07, 6.45) is 0. The van der Waals surface area contributed by atoms with E-state index in [0.717, 1.165) is 11.4 Å². The van der Waals surface area contributed by atoms with E-state index in [1.165, 1.54) is 6.07 Å². The van der Waals surface area contributed by atoms with Crippen molar-refractivity contribution < 1.29 is 8.42 Å². The molecule has 0 amide bonds. The van der Waals surface area contributed by atoms with Crippen LogP contribution in [0, 0.1) is 6.92 Å². The van der Waals surface area contributed by atoms with E-state index >= 15 is 0 Å². The van der Waals surface area contributed by atoms with Crippen molar-refractivity contribution in [3.63, 3.8) is 0 Å². The minimum Gasteiger partial charge on any atom is -0.394 e. The fraction of sp³-hybridized carbons (Fsp3) is 0.100. The van der Waals surface area contributed by atoms with Crippen molar-refractivity contribution in [2.45, 2.75) is 11.8 Å². The Morgan fingerprint density at radius 3 is 2.85 bits per heavy atom. The number of anilines is 2. The first-order valence-corrected chi connectivity index (χ1v) is 7.75. The van der Waals surface area contributed by atoms with Crippen LogP contribution in [0.5, 0.6) is 0 Å². The van der Waals surface area contributed by atoms with E-state index in [0.29, 0.717) is 17.1 Å². The van der Waals surface area contributed by atoms with Crippen LogP contribution >= 0.6 is 0 Å². The molecule has 0 spiro atoms. The first-order valence-electron chi connectivity index (χ1n) is 5.53. The molecular formula is C10H10N6O2S2. The Kier molecular flexibility index (Phi) is 2.83. The van der Waals surface area contributed by atoms with E-state index in [9.17, 15) is 8.42 Å². The fourth-order valence-corrected chi connectivity index (χ4v) is 3.49. The number of nitrogens with one attached hydrogen (secondary N) is 2. The Bertz CT molecular complexity index is 864. The van der Waals surface area contributed by atoms with Gasteiger partial charge in [-0.05, 0) is 19.1 Å². The number of aromatic nitrogens is 2. The van der Waals surface area contributed by atoms with Crippen LogP contribution in [0.25, 0.3) is 0 Å². The van der Waals surface area contributed by atoms with E-state index < -0.39 is 10.0 Å². The molecule has 0 radical (unpaired) electrons. The van der Waals surface area contributed by atoms with Crippen molar-refractivity contribution in [1.29, 1.82) is 0 Å². The summed E-state index contributed by atoms with van der Waals surface area (Å²) in [6.45, 7) is 1.70. The van der Waals surface area contributed by atoms with Gasteiger partial charge in [-0.3, -0.25) is 9.82 Å². The molecule has 20 heavy (non-hydrogen) atoms. The topological polar surface area (TPSA) is 126 Å². The zero-order valence-electron chi connectivity index (χ0n) is 10.3. The molecule has 0 bridgehead atoms. The van der Waals surface area contributed by atoms with Crippen LogP contribution < -0.4 is 10.5 Å². The summed E-state index contributed by atoms with van der Waals surface area (Å²) in [6, 6.07) is 4.77. The molecule has 0 aliphatic carbocycles. The van der Waals surface area contributed by atoms with Gasteiger partial charge in [0.05, 0.1) is 22.7 Å². The lowest BCUT2D eigenvalue weighted by molar-refractivity contribution is 0.601. The Morgan fingerprint density at radius 2 is 2.15 bits per heavy atom. The average molecular weight is 310 g/mol. The average Bonchev–Trinajstić information content (AvgIpc) is 3.00. The van der Waals surface area contributed by atoms with Crippen LogP contribution in [0.1, 0.15) is 5.69 Å². The lowest BCUT2D eigenvalue weighted by Crippen LogP contribution is -2.14. The van der Waals surface area contributed by atoms with Crippen molar-refractivity contribution in [2.24, 2.45) is 8.73 Å². The summed E-state index contributed by atoms with van der Waals surface area (Å²) >= 11 is 0.958. The number of H-pyrrole nitrogens is 1. The minimum absolute atomic E-state index is 0.0452. The van der Waals surface area contributed by atoms with Crippen molar-refractivity contribution in [2.75, 3.05) is 10.5 Å². The third-order valence-electron chi connectivity index (χ3n) is 2.76. The Hall–Kier alpha value is -2.20. The van der Waals surface area contributed by atoms with E-state index in [4.69, 9.17) is 5.73 Å². The third kappa shape index (κ3) is 1.98. The maximum absolute atomic E-state index is 12.4. The predicted octanol–water partition coefficient (Wildman–Crippen LogP) is 1.83. The molecule has 0 saturated carbocycles. The highest BCUT2D eigenvalue weighted by atomic mass is 32.2. The van der Waals surface area contributed by atoms with Crippen molar-refractivity contribution in [3.05, 3.63) is 23.9 Å². The van der Waals surface area contributed by atoms with Gasteiger partial charge in [0.15, 0.2) is 5.82 Å². The van der Waals surface area contributed by atoms with E-state index in [1.54, 1.807) is 19.1 Å². The molecule has 1 aromatic carbocycles. The number of nitrogen functional groups attached to an aromatic ring is 1. The van der Waals surface area contributed by atoms with Gasteiger partial charge in [-0.2, -0.15) is 13.8 Å². The Labute approximate surface area is 118 Å². The normalized spacial score (nSPS) is 13.1. The first kappa shape index (κ1) is 12.8. The van der Waals surface area contributed by atoms with Gasteiger partial charge in [0.25, 0.3) is 10.0 Å². The molecule has 0 unspecified atom stereocenters. The number of sulfonamides is 1. The van der Waals surface area contributed by atoms with Gasteiger partial charge in [-0.15, -0.1) is 0 Å². The van der Waals surface area contributed by atoms with Gasteiger partial charge >= 0.3 is 0 Å². The maximum atomic E-state index is 12.4. The second-order valence-electron chi connectivity index (χ2n) is 4.10. The van der Waals surface area contributed by atoms with Gasteiger partial charge < -0.3 is 5.73 Å². The minimum atomic E-state index is -3.83. The van der Waals surface area contributed by atoms with Gasteiger partial charge in [0.1, 0.15) is 16.3 Å². The highest BCUT2D eigenvalue weighted by Crippen LogP contribution is 2.38. The maximum Gasteiger partial charge on any atom is 0.265 e. The van der Waals surface area contributed by atoms with E-state index in [1.807, 2.05) is 0 Å². The summed E-state index contributed by atoms with van der Waals surface area (Å²) in [7, 11) is -3.83. The van der Waals surface area contributed by atoms with Crippen LogP contribution in [-0.2, 0) is 21.4 Å². The quantitative estimate of drug-likeness (QED) is 0.682. The largest absolute Gasteiger partial charge is 0.394 e. The van der Waals surface area contributed by atoms with Gasteiger partial charge in [-0.25, -0.2) is 8.42 Å². The molecule has 2 heterocycles. The van der Waals surface area contributed by atoms with Crippen molar-refractivity contribution >= 4 is 44.3 Å². The number of hydrogen-bond acceptors (Lipinski definition) is 6. The molecular weight excluding hydrogens is 300 g/mol. The smallest absolute Gasteiger partial charge is 0.265 e. The standard InChI is InChI=1S/C10H10N6O2S2/c1-5-8(11)10(13-12-5)16-20(17,18)7-4-2-3-6-9(7)15-19-14-6/h2-4H,11H2,1H3,(H2,12,13,16). The van der Waals surface area contributed by atoms with E-state index in [2.05, 4.69) is 23.6 Å². The molecule has 1 aliphatic heterocycles. The molecule has 0 saturated heterocycles. The van der Waals surface area contributed by atoms with Crippen LogP contribution in [0.4, 0.5) is 22.9 Å². The van der Waals surface area contributed by atoms with Gasteiger partial charge in [0, 0.05) is 0 Å². The number of hydrogen-bond donors (Lipinski definition) is 3. The Morgan fingerprint density at radius 1 is 1.35 bits per heavy atom. The molecule has 104 valence electrons. The first-order chi connectivity index (χ1) is 9.49. The monoisotopic (exact) mass is 310 g/mol. The number of nitrogens with two attached hydrogens (primary N) is 1. The number of aryl methyl sites for hydroxylation is 1. The molecule has 1 aliphatic rings. The predicted molar refractivity (Wildman–Crippen MR) is 76.5 cm³/mol. The molecule has 1 aromatic heterocycles. The van der Waals surface area contributed by atoms with Gasteiger partial charge in [-0.1, -0.05) is 6.07 Å². The van der Waals surface area contributed by atoms with Crippen LogP contribution in [-0.4, -0.2) is 18.6 Å². The van der Waals surface area contributed by atoms with E-state index in [-0.39, 0.29) is 16.4 Å².